The number of halogens is 4. The van der Waals surface area contributed by atoms with Gasteiger partial charge in [0.05, 0.1) is 15.5 Å². The first-order valence-electron chi connectivity index (χ1n) is 9.77. The fraction of sp³-hybridized carbons (Fsp3) is 0.174. The molecule has 0 aliphatic rings. The molecule has 0 amide bonds. The molecule has 0 radical (unpaired) electrons. The number of thioether (sulfide) groups is 1. The van der Waals surface area contributed by atoms with E-state index in [0.29, 0.717) is 11.8 Å². The molecule has 0 aromatic heterocycles. The lowest BCUT2D eigenvalue weighted by atomic mass is 10.1. The molecule has 0 saturated heterocycles. The maximum Gasteiger partial charge on any atom is 0.416 e. The smallest absolute Gasteiger partial charge is 0.416 e. The van der Waals surface area contributed by atoms with Gasteiger partial charge in [-0.3, -0.25) is 10.1 Å². The van der Waals surface area contributed by atoms with Crippen LogP contribution in [-0.2, 0) is 16.7 Å². The fourth-order valence-electron chi connectivity index (χ4n) is 2.82. The molecular formula is C23H17ClF3NO5S. The van der Waals surface area contributed by atoms with Gasteiger partial charge in [-0.15, -0.1) is 0 Å². The van der Waals surface area contributed by atoms with Crippen LogP contribution < -0.4 is 4.74 Å². The topological polar surface area (TPSA) is 78.7 Å². The predicted molar refractivity (Wildman–Crippen MR) is 123 cm³/mol. The average molecular weight is 512 g/mol. The van der Waals surface area contributed by atoms with E-state index in [1.807, 2.05) is 30.3 Å². The Morgan fingerprint density at radius 3 is 2.44 bits per heavy atom. The average Bonchev–Trinajstić information content (AvgIpc) is 2.80. The van der Waals surface area contributed by atoms with Gasteiger partial charge in [0.25, 0.3) is 5.69 Å². The van der Waals surface area contributed by atoms with Gasteiger partial charge in [-0.25, -0.2) is 4.79 Å². The van der Waals surface area contributed by atoms with E-state index in [0.717, 1.165) is 35.6 Å². The number of nitro groups is 1. The van der Waals surface area contributed by atoms with Crippen molar-refractivity contribution in [3.8, 4) is 11.5 Å². The molecule has 0 aliphatic heterocycles. The molecule has 0 bridgehead atoms. The number of hydrogen-bond donors (Lipinski definition) is 0. The summed E-state index contributed by atoms with van der Waals surface area (Å²) < 4.78 is 49.1. The van der Waals surface area contributed by atoms with Crippen molar-refractivity contribution in [3.63, 3.8) is 0 Å². The highest BCUT2D eigenvalue weighted by Gasteiger charge is 2.31. The summed E-state index contributed by atoms with van der Waals surface area (Å²) in [5, 5.41) is 11.0. The van der Waals surface area contributed by atoms with Crippen LogP contribution in [0.4, 0.5) is 18.9 Å². The zero-order chi connectivity index (χ0) is 24.7. The molecular weight excluding hydrogens is 495 g/mol. The van der Waals surface area contributed by atoms with E-state index in [1.54, 1.807) is 0 Å². The van der Waals surface area contributed by atoms with Gasteiger partial charge in [0.2, 0.25) is 0 Å². The summed E-state index contributed by atoms with van der Waals surface area (Å²) in [5.74, 6) is 0.135. The van der Waals surface area contributed by atoms with Gasteiger partial charge in [0, 0.05) is 23.6 Å². The van der Waals surface area contributed by atoms with Gasteiger partial charge in [0.1, 0.15) is 23.7 Å². The first kappa shape index (κ1) is 25.4. The molecule has 11 heteroatoms. The Hall–Kier alpha value is -3.24. The monoisotopic (exact) mass is 511 g/mol. The van der Waals surface area contributed by atoms with Crippen LogP contribution in [0.1, 0.15) is 21.5 Å². The van der Waals surface area contributed by atoms with Crippen molar-refractivity contribution in [1.29, 1.82) is 0 Å². The van der Waals surface area contributed by atoms with Gasteiger partial charge in [-0.2, -0.15) is 24.9 Å². The molecule has 3 aromatic carbocycles. The SMILES string of the molecule is O=C(OCCSCc1ccccc1)c1cc(Oc2ccc(C(F)(F)F)cc2Cl)ccc1[N+](=O)[O-]. The Labute approximate surface area is 201 Å². The van der Waals surface area contributed by atoms with Gasteiger partial charge in [-0.05, 0) is 29.8 Å². The lowest BCUT2D eigenvalue weighted by Gasteiger charge is -2.12. The number of rotatable bonds is 9. The highest BCUT2D eigenvalue weighted by Crippen LogP contribution is 2.37. The second-order valence-corrected chi connectivity index (χ2v) is 8.37. The van der Waals surface area contributed by atoms with Crippen LogP contribution in [0.5, 0.6) is 11.5 Å². The quantitative estimate of drug-likeness (QED) is 0.131. The van der Waals surface area contributed by atoms with Crippen molar-refractivity contribution in [2.24, 2.45) is 0 Å². The van der Waals surface area contributed by atoms with Crippen LogP contribution in [0.25, 0.3) is 0 Å². The molecule has 0 aliphatic carbocycles. The van der Waals surface area contributed by atoms with Crippen molar-refractivity contribution < 1.29 is 32.4 Å². The summed E-state index contributed by atoms with van der Waals surface area (Å²) in [4.78, 5) is 23.1. The predicted octanol–water partition coefficient (Wildman–Crippen LogP) is 7.15. The number of nitrogens with zero attached hydrogens (tertiary/aromatic N) is 1. The summed E-state index contributed by atoms with van der Waals surface area (Å²) in [6.45, 7) is 0.0311. The first-order valence-corrected chi connectivity index (χ1v) is 11.3. The molecule has 0 heterocycles. The number of ether oxygens (including phenoxy) is 2. The maximum absolute atomic E-state index is 12.8. The number of carbonyl (C=O) groups excluding carboxylic acids is 1. The van der Waals surface area contributed by atoms with Crippen molar-refractivity contribution in [2.45, 2.75) is 11.9 Å². The van der Waals surface area contributed by atoms with Crippen LogP contribution in [0.3, 0.4) is 0 Å². The summed E-state index contributed by atoms with van der Waals surface area (Å²) in [6, 6.07) is 15.5. The van der Waals surface area contributed by atoms with E-state index in [-0.39, 0.29) is 28.7 Å². The van der Waals surface area contributed by atoms with Crippen molar-refractivity contribution in [1.82, 2.24) is 0 Å². The fourth-order valence-corrected chi connectivity index (χ4v) is 3.82. The Balaban J connectivity index is 1.67. The molecule has 0 spiro atoms. The van der Waals surface area contributed by atoms with Crippen LogP contribution >= 0.6 is 23.4 Å². The van der Waals surface area contributed by atoms with Crippen LogP contribution in [0.15, 0.2) is 66.7 Å². The lowest BCUT2D eigenvalue weighted by Crippen LogP contribution is -2.10. The first-order chi connectivity index (χ1) is 16.1. The molecule has 0 N–H and O–H groups in total. The van der Waals surface area contributed by atoms with E-state index >= 15 is 0 Å². The minimum atomic E-state index is -4.58. The van der Waals surface area contributed by atoms with Crippen molar-refractivity contribution >= 4 is 35.0 Å². The highest BCUT2D eigenvalue weighted by atomic mass is 35.5. The molecule has 0 atom stereocenters. The van der Waals surface area contributed by atoms with Crippen LogP contribution in [0.2, 0.25) is 5.02 Å². The number of alkyl halides is 3. The molecule has 34 heavy (non-hydrogen) atoms. The second-order valence-electron chi connectivity index (χ2n) is 6.86. The standard InChI is InChI=1S/C23H17ClF3NO5S/c24-19-12-16(23(25,26)27)6-9-21(19)33-17-7-8-20(28(30)31)18(13-17)22(29)32-10-11-34-14-15-4-2-1-3-5-15/h1-9,12-13H,10-11,14H2. The van der Waals surface area contributed by atoms with Crippen molar-refractivity contribution in [2.75, 3.05) is 12.4 Å². The van der Waals surface area contributed by atoms with E-state index in [2.05, 4.69) is 0 Å². The third-order valence-electron chi connectivity index (χ3n) is 4.44. The molecule has 3 rings (SSSR count). The molecule has 6 nitrogen and oxygen atoms in total. The largest absolute Gasteiger partial charge is 0.461 e. The second kappa shape index (κ2) is 11.3. The Bertz CT molecular complexity index is 1180. The Morgan fingerprint density at radius 2 is 1.79 bits per heavy atom. The normalized spacial score (nSPS) is 11.2. The number of nitro benzene ring substituents is 1. The minimum Gasteiger partial charge on any atom is -0.461 e. The Morgan fingerprint density at radius 1 is 1.06 bits per heavy atom. The van der Waals surface area contributed by atoms with Gasteiger partial charge < -0.3 is 9.47 Å². The zero-order valence-corrected chi connectivity index (χ0v) is 19.0. The Kier molecular flexibility index (Phi) is 8.41. The van der Waals surface area contributed by atoms with Gasteiger partial charge in [0.15, 0.2) is 0 Å². The zero-order valence-electron chi connectivity index (χ0n) is 17.4. The molecule has 0 saturated carbocycles. The molecule has 0 unspecified atom stereocenters. The number of hydrogen-bond acceptors (Lipinski definition) is 6. The van der Waals surface area contributed by atoms with E-state index in [9.17, 15) is 28.1 Å². The summed E-state index contributed by atoms with van der Waals surface area (Å²) >= 11 is 7.42. The maximum atomic E-state index is 12.8. The molecule has 3 aromatic rings. The van der Waals surface area contributed by atoms with Gasteiger partial charge in [-0.1, -0.05) is 41.9 Å². The summed E-state index contributed by atoms with van der Waals surface area (Å²) in [5.41, 5.74) is -0.685. The van der Waals surface area contributed by atoms with Crippen LogP contribution in [0, 0.1) is 10.1 Å². The third-order valence-corrected chi connectivity index (χ3v) is 5.73. The summed E-state index contributed by atoms with van der Waals surface area (Å²) in [6.07, 6.45) is -4.58. The van der Waals surface area contributed by atoms with E-state index in [1.165, 1.54) is 17.8 Å². The van der Waals surface area contributed by atoms with E-state index < -0.39 is 28.3 Å². The number of esters is 1. The van der Waals surface area contributed by atoms with Gasteiger partial charge >= 0.3 is 12.1 Å². The van der Waals surface area contributed by atoms with Crippen LogP contribution in [-0.4, -0.2) is 23.3 Å². The number of carbonyl (C=O) groups is 1. The van der Waals surface area contributed by atoms with Crippen molar-refractivity contribution in [3.05, 3.63) is 98.6 Å². The number of benzene rings is 3. The molecule has 0 fully saturated rings. The minimum absolute atomic E-state index is 0.0299. The lowest BCUT2D eigenvalue weighted by molar-refractivity contribution is -0.385. The third kappa shape index (κ3) is 6.88. The summed E-state index contributed by atoms with van der Waals surface area (Å²) in [7, 11) is 0. The van der Waals surface area contributed by atoms with E-state index in [4.69, 9.17) is 21.1 Å². The molecule has 178 valence electrons. The highest BCUT2D eigenvalue weighted by molar-refractivity contribution is 7.98.